The van der Waals surface area contributed by atoms with E-state index in [1.54, 1.807) is 0 Å². The van der Waals surface area contributed by atoms with Crippen LogP contribution in [0.4, 0.5) is 13.2 Å². The first-order valence-corrected chi connectivity index (χ1v) is 3.31. The van der Waals surface area contributed by atoms with Gasteiger partial charge in [-0.15, -0.1) is 23.3 Å². The normalized spacial score (nSPS) is 15.6. The lowest BCUT2D eigenvalue weighted by Gasteiger charge is -2.04. The first-order valence-electron chi connectivity index (χ1n) is 3.31. The minimum absolute atomic E-state index is 0.0324. The number of amidine groups is 1. The van der Waals surface area contributed by atoms with Gasteiger partial charge in [0, 0.05) is 6.20 Å². The van der Waals surface area contributed by atoms with Crippen molar-refractivity contribution < 1.29 is 13.2 Å². The van der Waals surface area contributed by atoms with Gasteiger partial charge in [0.25, 0.3) is 0 Å². The summed E-state index contributed by atoms with van der Waals surface area (Å²) in [7, 11) is 0. The first kappa shape index (κ1) is 7.96. The smallest absolute Gasteiger partial charge is 0.245 e. The van der Waals surface area contributed by atoms with Crippen LogP contribution in [-0.4, -0.2) is 27.1 Å². The van der Waals surface area contributed by atoms with Crippen molar-refractivity contribution in [3.05, 3.63) is 24.3 Å². The van der Waals surface area contributed by atoms with Crippen LogP contribution in [0, 0.1) is 0 Å². The van der Waals surface area contributed by atoms with Crippen molar-refractivity contribution in [2.45, 2.75) is 6.30 Å². The molecule has 68 valence electrons. The lowest BCUT2D eigenvalue weighted by molar-refractivity contribution is -0.201. The van der Waals surface area contributed by atoms with Crippen molar-refractivity contribution >= 4 is 5.84 Å². The molecule has 0 aliphatic carbocycles. The first-order chi connectivity index (χ1) is 6.09. The minimum atomic E-state index is -4.44. The Hall–Kier alpha value is -1.66. The van der Waals surface area contributed by atoms with Gasteiger partial charge in [-0.3, -0.25) is 0 Å². The van der Waals surface area contributed by atoms with Crippen LogP contribution in [0.15, 0.2) is 23.7 Å². The van der Waals surface area contributed by atoms with Gasteiger partial charge in [-0.25, -0.2) is 9.97 Å². The summed E-state index contributed by atoms with van der Waals surface area (Å²) in [4.78, 5) is 7.20. The lowest BCUT2D eigenvalue weighted by atomic mass is 10.4. The van der Waals surface area contributed by atoms with Gasteiger partial charge in [0.2, 0.25) is 5.84 Å². The number of hydrazone groups is 1. The Morgan fingerprint density at radius 1 is 1.31 bits per heavy atom. The van der Waals surface area contributed by atoms with Crippen molar-refractivity contribution in [1.29, 1.82) is 0 Å². The van der Waals surface area contributed by atoms with Gasteiger partial charge in [0.05, 0.1) is 0 Å². The Balaban J connectivity index is 2.13. The fourth-order valence-electron chi connectivity index (χ4n) is 0.832. The van der Waals surface area contributed by atoms with E-state index in [-0.39, 0.29) is 16.5 Å². The predicted molar refractivity (Wildman–Crippen MR) is 36.5 cm³/mol. The summed E-state index contributed by atoms with van der Waals surface area (Å²) in [5.41, 5.74) is 0.173. The summed E-state index contributed by atoms with van der Waals surface area (Å²) < 4.78 is 35.8. The maximum atomic E-state index is 11.9. The van der Waals surface area contributed by atoms with E-state index in [1.807, 2.05) is 0 Å². The van der Waals surface area contributed by atoms with E-state index in [4.69, 9.17) is 0 Å². The summed E-state index contributed by atoms with van der Waals surface area (Å²) in [6.07, 6.45) is -1.91. The van der Waals surface area contributed by atoms with Crippen molar-refractivity contribution in [1.82, 2.24) is 15.0 Å². The Labute approximate surface area is 70.7 Å². The summed E-state index contributed by atoms with van der Waals surface area (Å²) in [6.45, 7) is 0. The fraction of sp³-hybridized carbons (Fsp3) is 0.167. The van der Waals surface area contributed by atoms with Crippen molar-refractivity contribution in [2.24, 2.45) is 5.10 Å². The highest BCUT2D eigenvalue weighted by Gasteiger charge is 2.49. The minimum Gasteiger partial charge on any atom is -0.245 e. The van der Waals surface area contributed by atoms with Crippen molar-refractivity contribution in [3.8, 4) is 0 Å². The fourth-order valence-corrected chi connectivity index (χ4v) is 0.832. The van der Waals surface area contributed by atoms with Gasteiger partial charge in [-0.1, -0.05) is 0 Å². The molecule has 0 atom stereocenters. The van der Waals surface area contributed by atoms with E-state index in [9.17, 15) is 13.2 Å². The number of hydrogen-bond acceptors (Lipinski definition) is 4. The molecule has 0 bridgehead atoms. The van der Waals surface area contributed by atoms with Crippen LogP contribution in [0.5, 0.6) is 0 Å². The number of aromatic nitrogens is 2. The van der Waals surface area contributed by atoms with Crippen molar-refractivity contribution in [3.63, 3.8) is 0 Å². The molecule has 1 aliphatic heterocycles. The third-order valence-corrected chi connectivity index (χ3v) is 1.41. The van der Waals surface area contributed by atoms with Gasteiger partial charge in [-0.05, 0) is 6.07 Å². The molecular weight excluding hydrogens is 185 g/mol. The highest BCUT2D eigenvalue weighted by Crippen LogP contribution is 2.31. The number of rotatable bonds is 1. The molecule has 0 N–H and O–H groups in total. The molecule has 2 rings (SSSR count). The molecule has 1 aromatic heterocycles. The zero-order valence-corrected chi connectivity index (χ0v) is 6.15. The molecule has 0 spiro atoms. The average Bonchev–Trinajstić information content (AvgIpc) is 2.83. The summed E-state index contributed by atoms with van der Waals surface area (Å²) in [5, 5.41) is 3.10. The molecule has 0 aromatic carbocycles. The molecule has 0 radical (unpaired) electrons. The monoisotopic (exact) mass is 188 g/mol. The quantitative estimate of drug-likeness (QED) is 0.616. The Morgan fingerprint density at radius 3 is 2.54 bits per heavy atom. The molecular formula is C6H3F3N4. The van der Waals surface area contributed by atoms with Crippen LogP contribution in [-0.2, 0) is 0 Å². The molecule has 0 amide bonds. The number of nitrogens with zero attached hydrogens (tertiary/aromatic N) is 4. The van der Waals surface area contributed by atoms with Gasteiger partial charge >= 0.3 is 6.30 Å². The lowest BCUT2D eigenvalue weighted by Crippen LogP contribution is -2.25. The van der Waals surface area contributed by atoms with E-state index in [0.29, 0.717) is 0 Å². The molecule has 13 heavy (non-hydrogen) atoms. The second kappa shape index (κ2) is 2.41. The Bertz CT molecular complexity index is 345. The number of alkyl halides is 3. The molecule has 0 saturated carbocycles. The second-order valence-electron chi connectivity index (χ2n) is 2.30. The number of halogens is 3. The van der Waals surface area contributed by atoms with E-state index >= 15 is 0 Å². The van der Waals surface area contributed by atoms with E-state index < -0.39 is 6.30 Å². The largest absolute Gasteiger partial charge is 0.506 e. The van der Waals surface area contributed by atoms with Gasteiger partial charge in [0.15, 0.2) is 0 Å². The average molecular weight is 188 g/mol. The highest BCUT2D eigenvalue weighted by molar-refractivity contribution is 6.04. The van der Waals surface area contributed by atoms with Crippen LogP contribution in [0.1, 0.15) is 5.69 Å². The van der Waals surface area contributed by atoms with Gasteiger partial charge in [0.1, 0.15) is 12.0 Å². The summed E-state index contributed by atoms with van der Waals surface area (Å²) in [6, 6.07) is 1.37. The zero-order valence-electron chi connectivity index (χ0n) is 6.15. The Kier molecular flexibility index (Phi) is 1.48. The van der Waals surface area contributed by atoms with Crippen LogP contribution in [0.25, 0.3) is 0 Å². The molecule has 0 fully saturated rings. The highest BCUT2D eigenvalue weighted by atomic mass is 19.4. The topological polar surface area (TPSA) is 41.1 Å². The molecule has 0 unspecified atom stereocenters. The zero-order chi connectivity index (χ0) is 9.47. The number of hydrogen-bond donors (Lipinski definition) is 0. The molecule has 4 nitrogen and oxygen atoms in total. The maximum Gasteiger partial charge on any atom is 0.506 e. The molecule has 0 saturated heterocycles. The second-order valence-corrected chi connectivity index (χ2v) is 2.30. The predicted octanol–water partition coefficient (Wildman–Crippen LogP) is 0.974. The van der Waals surface area contributed by atoms with E-state index in [1.165, 1.54) is 18.6 Å². The molecule has 7 heteroatoms. The van der Waals surface area contributed by atoms with Crippen LogP contribution in [0.3, 0.4) is 0 Å². The van der Waals surface area contributed by atoms with Crippen LogP contribution >= 0.6 is 0 Å². The maximum absolute atomic E-state index is 11.9. The third kappa shape index (κ3) is 1.44. The van der Waals surface area contributed by atoms with Crippen LogP contribution in [0.2, 0.25) is 0 Å². The molecule has 1 aromatic rings. The SMILES string of the molecule is FC(F)(F)N1N=C1c1ccncn1. The van der Waals surface area contributed by atoms with Crippen molar-refractivity contribution in [2.75, 3.05) is 0 Å². The molecule has 2 heterocycles. The van der Waals surface area contributed by atoms with E-state index in [0.717, 1.165) is 0 Å². The van der Waals surface area contributed by atoms with E-state index in [2.05, 4.69) is 15.1 Å². The van der Waals surface area contributed by atoms with Gasteiger partial charge in [-0.2, -0.15) is 0 Å². The Morgan fingerprint density at radius 2 is 2.08 bits per heavy atom. The summed E-state index contributed by atoms with van der Waals surface area (Å²) in [5.74, 6) is -0.171. The summed E-state index contributed by atoms with van der Waals surface area (Å²) >= 11 is 0. The molecule has 1 aliphatic rings. The van der Waals surface area contributed by atoms with Gasteiger partial charge < -0.3 is 0 Å². The third-order valence-electron chi connectivity index (χ3n) is 1.41. The standard InChI is InChI=1S/C6H3F3N4/c7-6(8,9)13-5(12-13)4-1-2-10-3-11-4/h1-3H. The van der Waals surface area contributed by atoms with Crippen LogP contribution < -0.4 is 0 Å².